The van der Waals surface area contributed by atoms with E-state index in [1.165, 1.54) is 5.69 Å². The second kappa shape index (κ2) is 5.76. The Kier molecular flexibility index (Phi) is 3.46. The van der Waals surface area contributed by atoms with E-state index < -0.39 is 0 Å². The van der Waals surface area contributed by atoms with Gasteiger partial charge in [0.1, 0.15) is 5.65 Å². The molecule has 0 atom stereocenters. The maximum Gasteiger partial charge on any atom is 0.257 e. The molecule has 0 saturated carbocycles. The summed E-state index contributed by atoms with van der Waals surface area (Å²) in [5, 5.41) is 0. The minimum absolute atomic E-state index is 0.0644. The molecule has 2 aromatic heterocycles. The number of carbonyl (C=O) groups is 1. The lowest BCUT2D eigenvalue weighted by atomic mass is 10.2. The van der Waals surface area contributed by atoms with Crippen molar-refractivity contribution in [3.8, 4) is 0 Å². The van der Waals surface area contributed by atoms with Gasteiger partial charge in [0.25, 0.3) is 5.91 Å². The number of benzene rings is 1. The fourth-order valence-corrected chi connectivity index (χ4v) is 3.09. The van der Waals surface area contributed by atoms with Gasteiger partial charge >= 0.3 is 0 Å². The quantitative estimate of drug-likeness (QED) is 0.729. The van der Waals surface area contributed by atoms with Crippen LogP contribution in [0.5, 0.6) is 0 Å². The van der Waals surface area contributed by atoms with E-state index in [1.807, 2.05) is 52.0 Å². The highest BCUT2D eigenvalue weighted by molar-refractivity contribution is 5.99. The van der Waals surface area contributed by atoms with Gasteiger partial charge in [-0.25, -0.2) is 4.98 Å². The van der Waals surface area contributed by atoms with Gasteiger partial charge in [-0.3, -0.25) is 4.79 Å². The Morgan fingerprint density at radius 1 is 0.913 bits per heavy atom. The molecule has 1 aromatic carbocycles. The summed E-state index contributed by atoms with van der Waals surface area (Å²) in [6, 6.07) is 14.1. The van der Waals surface area contributed by atoms with E-state index in [0.29, 0.717) is 5.56 Å². The number of imidazole rings is 1. The molecule has 5 nitrogen and oxygen atoms in total. The van der Waals surface area contributed by atoms with Crippen LogP contribution in [0.4, 0.5) is 5.69 Å². The van der Waals surface area contributed by atoms with Crippen molar-refractivity contribution in [2.45, 2.75) is 0 Å². The molecule has 1 saturated heterocycles. The lowest BCUT2D eigenvalue weighted by Crippen LogP contribution is -2.48. The molecule has 3 heterocycles. The summed E-state index contributed by atoms with van der Waals surface area (Å²) in [4.78, 5) is 21.4. The molecular weight excluding hydrogens is 288 g/mol. The summed E-state index contributed by atoms with van der Waals surface area (Å²) in [5.74, 6) is 0.0644. The van der Waals surface area contributed by atoms with Crippen LogP contribution in [0.25, 0.3) is 5.65 Å². The third-order valence-electron chi connectivity index (χ3n) is 4.34. The Morgan fingerprint density at radius 3 is 2.48 bits per heavy atom. The third kappa shape index (κ3) is 2.54. The van der Waals surface area contributed by atoms with Crippen LogP contribution in [0, 0.1) is 0 Å². The molecule has 23 heavy (non-hydrogen) atoms. The van der Waals surface area contributed by atoms with E-state index in [2.05, 4.69) is 22.0 Å². The molecule has 0 unspecified atom stereocenters. The standard InChI is InChI=1S/C18H18N4O/c23-18(16-7-4-9-21-10-8-19-17(16)21)22-13-11-20(12-14-22)15-5-2-1-3-6-15/h1-10H,11-14H2. The van der Waals surface area contributed by atoms with E-state index in [0.717, 1.165) is 31.8 Å². The predicted octanol–water partition coefficient (Wildman–Crippen LogP) is 2.30. The highest BCUT2D eigenvalue weighted by atomic mass is 16.2. The smallest absolute Gasteiger partial charge is 0.257 e. The van der Waals surface area contributed by atoms with Crippen molar-refractivity contribution in [2.75, 3.05) is 31.1 Å². The van der Waals surface area contributed by atoms with Gasteiger partial charge in [-0.05, 0) is 24.3 Å². The highest BCUT2D eigenvalue weighted by Crippen LogP contribution is 2.18. The Hall–Kier alpha value is -2.82. The summed E-state index contributed by atoms with van der Waals surface area (Å²) in [5.41, 5.74) is 2.61. The number of anilines is 1. The minimum atomic E-state index is 0.0644. The van der Waals surface area contributed by atoms with E-state index in [9.17, 15) is 4.79 Å². The first-order valence-corrected chi connectivity index (χ1v) is 7.84. The summed E-state index contributed by atoms with van der Waals surface area (Å²) in [7, 11) is 0. The second-order valence-electron chi connectivity index (χ2n) is 5.69. The number of piperazine rings is 1. The van der Waals surface area contributed by atoms with Crippen molar-refractivity contribution in [3.63, 3.8) is 0 Å². The number of aromatic nitrogens is 2. The molecule has 116 valence electrons. The number of nitrogens with zero attached hydrogens (tertiary/aromatic N) is 4. The monoisotopic (exact) mass is 306 g/mol. The average molecular weight is 306 g/mol. The molecule has 1 aliphatic heterocycles. The summed E-state index contributed by atoms with van der Waals surface area (Å²) < 4.78 is 1.88. The van der Waals surface area contributed by atoms with Crippen molar-refractivity contribution < 1.29 is 4.79 Å². The van der Waals surface area contributed by atoms with Crippen molar-refractivity contribution in [3.05, 3.63) is 66.6 Å². The van der Waals surface area contributed by atoms with Gasteiger partial charge in [0.2, 0.25) is 0 Å². The molecule has 0 radical (unpaired) electrons. The third-order valence-corrected chi connectivity index (χ3v) is 4.34. The van der Waals surface area contributed by atoms with Crippen LogP contribution < -0.4 is 4.90 Å². The van der Waals surface area contributed by atoms with E-state index in [-0.39, 0.29) is 5.91 Å². The number of amides is 1. The SMILES string of the molecule is O=C(c1cccn2ccnc12)N1CCN(c2ccccc2)CC1. The van der Waals surface area contributed by atoms with Crippen LogP contribution in [-0.4, -0.2) is 46.4 Å². The van der Waals surface area contributed by atoms with E-state index in [4.69, 9.17) is 0 Å². The lowest BCUT2D eigenvalue weighted by Gasteiger charge is -2.36. The number of hydrogen-bond acceptors (Lipinski definition) is 3. The summed E-state index contributed by atoms with van der Waals surface area (Å²) in [6.07, 6.45) is 5.49. The van der Waals surface area contributed by atoms with Crippen molar-refractivity contribution in [2.24, 2.45) is 0 Å². The molecule has 1 aliphatic rings. The molecule has 1 fully saturated rings. The first-order chi connectivity index (χ1) is 11.3. The number of hydrogen-bond donors (Lipinski definition) is 0. The Morgan fingerprint density at radius 2 is 1.70 bits per heavy atom. The molecule has 0 bridgehead atoms. The zero-order valence-electron chi connectivity index (χ0n) is 12.8. The van der Waals surface area contributed by atoms with Gasteiger partial charge in [0, 0.05) is 50.5 Å². The zero-order chi connectivity index (χ0) is 15.6. The summed E-state index contributed by atoms with van der Waals surface area (Å²) in [6.45, 7) is 3.17. The van der Waals surface area contributed by atoms with Gasteiger partial charge in [-0.2, -0.15) is 0 Å². The first-order valence-electron chi connectivity index (χ1n) is 7.84. The van der Waals surface area contributed by atoms with Crippen LogP contribution in [-0.2, 0) is 0 Å². The van der Waals surface area contributed by atoms with Crippen molar-refractivity contribution in [1.29, 1.82) is 0 Å². The molecule has 1 amide bonds. The molecule has 5 heteroatoms. The maximum absolute atomic E-state index is 12.8. The van der Waals surface area contributed by atoms with Gasteiger partial charge in [0.05, 0.1) is 5.56 Å². The van der Waals surface area contributed by atoms with Gasteiger partial charge in [0.15, 0.2) is 0 Å². The molecular formula is C18H18N4O. The zero-order valence-corrected chi connectivity index (χ0v) is 12.8. The number of fused-ring (bicyclic) bond motifs is 1. The number of pyridine rings is 1. The fourth-order valence-electron chi connectivity index (χ4n) is 3.09. The van der Waals surface area contributed by atoms with Gasteiger partial charge in [-0.15, -0.1) is 0 Å². The molecule has 0 spiro atoms. The normalized spacial score (nSPS) is 15.1. The average Bonchev–Trinajstić information content (AvgIpc) is 3.11. The minimum Gasteiger partial charge on any atom is -0.368 e. The van der Waals surface area contributed by atoms with Crippen LogP contribution >= 0.6 is 0 Å². The fraction of sp³-hybridized carbons (Fsp3) is 0.222. The number of para-hydroxylation sites is 1. The van der Waals surface area contributed by atoms with Crippen LogP contribution in [0.2, 0.25) is 0 Å². The number of rotatable bonds is 2. The molecule has 0 N–H and O–H groups in total. The Labute approximate surface area is 134 Å². The number of carbonyl (C=O) groups excluding carboxylic acids is 1. The highest BCUT2D eigenvalue weighted by Gasteiger charge is 2.23. The lowest BCUT2D eigenvalue weighted by molar-refractivity contribution is 0.0748. The van der Waals surface area contributed by atoms with Gasteiger partial charge < -0.3 is 14.2 Å². The Bertz CT molecular complexity index is 819. The maximum atomic E-state index is 12.8. The molecule has 0 aliphatic carbocycles. The van der Waals surface area contributed by atoms with E-state index in [1.54, 1.807) is 6.20 Å². The van der Waals surface area contributed by atoms with Crippen molar-refractivity contribution >= 4 is 17.2 Å². The predicted molar refractivity (Wildman–Crippen MR) is 89.8 cm³/mol. The van der Waals surface area contributed by atoms with E-state index >= 15 is 0 Å². The second-order valence-corrected chi connectivity index (χ2v) is 5.69. The van der Waals surface area contributed by atoms with Crippen LogP contribution in [0.1, 0.15) is 10.4 Å². The first kappa shape index (κ1) is 13.8. The van der Waals surface area contributed by atoms with Crippen molar-refractivity contribution in [1.82, 2.24) is 14.3 Å². The van der Waals surface area contributed by atoms with Gasteiger partial charge in [-0.1, -0.05) is 18.2 Å². The summed E-state index contributed by atoms with van der Waals surface area (Å²) >= 11 is 0. The molecule has 3 aromatic rings. The Balaban J connectivity index is 1.50. The molecule has 4 rings (SSSR count). The topological polar surface area (TPSA) is 40.9 Å². The van der Waals surface area contributed by atoms with Crippen LogP contribution in [0.3, 0.4) is 0 Å². The largest absolute Gasteiger partial charge is 0.368 e. The van der Waals surface area contributed by atoms with Crippen LogP contribution in [0.15, 0.2) is 61.1 Å².